The first-order valence-corrected chi connectivity index (χ1v) is 7.84. The van der Waals surface area contributed by atoms with Crippen LogP contribution in [0.15, 0.2) is 47.1 Å². The Labute approximate surface area is 152 Å². The number of ether oxygens (including phenoxy) is 1. The number of esters is 1. The van der Waals surface area contributed by atoms with Gasteiger partial charge in [-0.1, -0.05) is 35.3 Å². The molecule has 0 bridgehead atoms. The van der Waals surface area contributed by atoms with Crippen molar-refractivity contribution in [3.8, 4) is 0 Å². The van der Waals surface area contributed by atoms with Crippen molar-refractivity contribution >= 4 is 46.8 Å². The Morgan fingerprint density at radius 3 is 2.68 bits per heavy atom. The van der Waals surface area contributed by atoms with E-state index in [1.165, 1.54) is 18.2 Å². The molecule has 0 saturated carbocycles. The van der Waals surface area contributed by atoms with E-state index in [-0.39, 0.29) is 17.3 Å². The van der Waals surface area contributed by atoms with Crippen LogP contribution < -0.4 is 0 Å². The number of hydrogen-bond donors (Lipinski definition) is 0. The van der Waals surface area contributed by atoms with Gasteiger partial charge in [-0.05, 0) is 36.8 Å². The fourth-order valence-corrected chi connectivity index (χ4v) is 2.81. The van der Waals surface area contributed by atoms with Crippen molar-refractivity contribution in [1.82, 2.24) is 0 Å². The van der Waals surface area contributed by atoms with E-state index >= 15 is 0 Å². The number of rotatable bonds is 3. The second kappa shape index (κ2) is 6.66. The van der Waals surface area contributed by atoms with Gasteiger partial charge in [0.1, 0.15) is 0 Å². The molecule has 0 fully saturated rings. The fraction of sp³-hybridized carbons (Fsp3) is 0.0588. The first kappa shape index (κ1) is 17.1. The maximum absolute atomic E-state index is 12.1. The molecular formula is C17H10Cl2N2O4. The van der Waals surface area contributed by atoms with Crippen LogP contribution in [0.2, 0.25) is 10.0 Å². The van der Waals surface area contributed by atoms with Crippen LogP contribution in [0.5, 0.6) is 0 Å². The molecule has 0 unspecified atom stereocenters. The van der Waals surface area contributed by atoms with Gasteiger partial charge >= 0.3 is 5.97 Å². The molecule has 0 radical (unpaired) electrons. The Morgan fingerprint density at radius 1 is 1.24 bits per heavy atom. The van der Waals surface area contributed by atoms with Gasteiger partial charge in [0.15, 0.2) is 5.70 Å². The highest BCUT2D eigenvalue weighted by Crippen LogP contribution is 2.28. The third-order valence-corrected chi connectivity index (χ3v) is 4.17. The van der Waals surface area contributed by atoms with Crippen molar-refractivity contribution in [3.05, 3.63) is 78.9 Å². The molecule has 1 heterocycles. The molecule has 0 saturated heterocycles. The van der Waals surface area contributed by atoms with Crippen molar-refractivity contribution in [3.63, 3.8) is 0 Å². The number of halogens is 2. The highest BCUT2D eigenvalue weighted by atomic mass is 35.5. The Balaban J connectivity index is 2.02. The maximum atomic E-state index is 12.1. The number of nitrogens with zero attached hydrogens (tertiary/aromatic N) is 2. The zero-order chi connectivity index (χ0) is 18.1. The smallest absolute Gasteiger partial charge is 0.363 e. The highest BCUT2D eigenvalue weighted by molar-refractivity contribution is 6.35. The first-order chi connectivity index (χ1) is 11.9. The van der Waals surface area contributed by atoms with Gasteiger partial charge in [-0.25, -0.2) is 9.79 Å². The number of aliphatic imine (C=N–C) groups is 1. The van der Waals surface area contributed by atoms with Crippen LogP contribution >= 0.6 is 23.2 Å². The van der Waals surface area contributed by atoms with Crippen molar-refractivity contribution in [1.29, 1.82) is 0 Å². The maximum Gasteiger partial charge on any atom is 0.363 e. The Bertz CT molecular complexity index is 967. The quantitative estimate of drug-likeness (QED) is 0.340. The average Bonchev–Trinajstić information content (AvgIpc) is 2.90. The average molecular weight is 377 g/mol. The molecule has 126 valence electrons. The molecule has 25 heavy (non-hydrogen) atoms. The van der Waals surface area contributed by atoms with Crippen LogP contribution in [0.1, 0.15) is 16.7 Å². The number of carbonyl (C=O) groups is 1. The summed E-state index contributed by atoms with van der Waals surface area (Å²) in [6.07, 6.45) is 1.47. The van der Waals surface area contributed by atoms with E-state index < -0.39 is 10.9 Å². The lowest BCUT2D eigenvalue weighted by Gasteiger charge is -2.04. The zero-order valence-corrected chi connectivity index (χ0v) is 14.3. The third-order valence-electron chi connectivity index (χ3n) is 3.61. The molecule has 0 amide bonds. The van der Waals surface area contributed by atoms with Gasteiger partial charge in [-0.3, -0.25) is 10.1 Å². The minimum absolute atomic E-state index is 0.0162. The molecule has 2 aromatic rings. The Kier molecular flexibility index (Phi) is 4.57. The number of benzene rings is 2. The molecule has 0 spiro atoms. The summed E-state index contributed by atoms with van der Waals surface area (Å²) in [5.41, 5.74) is 1.27. The molecule has 2 aromatic carbocycles. The number of nitro groups is 1. The SMILES string of the molecule is Cc1c(C2=NC(=Cc3ccc(Cl)cc3Cl)C(=O)O2)cccc1[N+](=O)[O-]. The van der Waals surface area contributed by atoms with Gasteiger partial charge in [-0.2, -0.15) is 0 Å². The molecule has 6 nitrogen and oxygen atoms in total. The molecule has 1 aliphatic rings. The molecule has 0 atom stereocenters. The summed E-state index contributed by atoms with van der Waals surface area (Å²) in [6, 6.07) is 9.32. The van der Waals surface area contributed by atoms with E-state index in [2.05, 4.69) is 4.99 Å². The lowest BCUT2D eigenvalue weighted by atomic mass is 10.1. The van der Waals surface area contributed by atoms with Crippen LogP contribution in [0, 0.1) is 17.0 Å². The van der Waals surface area contributed by atoms with Crippen molar-refractivity contribution in [2.75, 3.05) is 0 Å². The lowest BCUT2D eigenvalue weighted by Crippen LogP contribution is -2.08. The van der Waals surface area contributed by atoms with E-state index in [1.807, 2.05) is 0 Å². The molecule has 8 heteroatoms. The summed E-state index contributed by atoms with van der Waals surface area (Å²) in [7, 11) is 0. The number of hydrogen-bond acceptors (Lipinski definition) is 5. The van der Waals surface area contributed by atoms with Crippen molar-refractivity contribution in [2.45, 2.75) is 6.92 Å². The molecule has 3 rings (SSSR count). The van der Waals surface area contributed by atoms with Crippen LogP contribution in [0.25, 0.3) is 6.08 Å². The van der Waals surface area contributed by atoms with Crippen molar-refractivity contribution in [2.24, 2.45) is 4.99 Å². The Hall–Kier alpha value is -2.70. The lowest BCUT2D eigenvalue weighted by molar-refractivity contribution is -0.385. The number of carbonyl (C=O) groups excluding carboxylic acids is 1. The Morgan fingerprint density at radius 2 is 2.00 bits per heavy atom. The van der Waals surface area contributed by atoms with Gasteiger partial charge in [0, 0.05) is 27.2 Å². The molecule has 0 aromatic heterocycles. The second-order valence-electron chi connectivity index (χ2n) is 5.21. The van der Waals surface area contributed by atoms with Gasteiger partial charge < -0.3 is 4.74 Å². The van der Waals surface area contributed by atoms with Crippen LogP contribution in [0.4, 0.5) is 5.69 Å². The predicted molar refractivity (Wildman–Crippen MR) is 94.9 cm³/mol. The van der Waals surface area contributed by atoms with Gasteiger partial charge in [0.05, 0.1) is 4.92 Å². The summed E-state index contributed by atoms with van der Waals surface area (Å²) in [5, 5.41) is 11.9. The summed E-state index contributed by atoms with van der Waals surface area (Å²) in [5.74, 6) is -0.644. The van der Waals surface area contributed by atoms with E-state index in [9.17, 15) is 14.9 Å². The second-order valence-corrected chi connectivity index (χ2v) is 6.05. The van der Waals surface area contributed by atoms with Gasteiger partial charge in [0.2, 0.25) is 5.90 Å². The van der Waals surface area contributed by atoms with Gasteiger partial charge in [0.25, 0.3) is 5.69 Å². The zero-order valence-electron chi connectivity index (χ0n) is 12.8. The van der Waals surface area contributed by atoms with E-state index in [0.29, 0.717) is 26.7 Å². The molecule has 0 N–H and O–H groups in total. The molecule has 0 aliphatic carbocycles. The molecular weight excluding hydrogens is 367 g/mol. The minimum atomic E-state index is -0.660. The summed E-state index contributed by atoms with van der Waals surface area (Å²) in [4.78, 5) is 26.8. The van der Waals surface area contributed by atoms with E-state index in [4.69, 9.17) is 27.9 Å². The van der Waals surface area contributed by atoms with Crippen LogP contribution in [-0.4, -0.2) is 16.8 Å². The van der Waals surface area contributed by atoms with Crippen LogP contribution in [-0.2, 0) is 9.53 Å². The topological polar surface area (TPSA) is 81.8 Å². The highest BCUT2D eigenvalue weighted by Gasteiger charge is 2.27. The van der Waals surface area contributed by atoms with E-state index in [1.54, 1.807) is 31.2 Å². The summed E-state index contributed by atoms with van der Waals surface area (Å²) >= 11 is 11.9. The summed E-state index contributed by atoms with van der Waals surface area (Å²) < 4.78 is 5.16. The number of nitro benzene ring substituents is 1. The predicted octanol–water partition coefficient (Wildman–Crippen LogP) is 4.55. The fourth-order valence-electron chi connectivity index (χ4n) is 2.34. The normalized spacial score (nSPS) is 15.2. The van der Waals surface area contributed by atoms with E-state index in [0.717, 1.165) is 0 Å². The standard InChI is InChI=1S/C17H10Cl2N2O4/c1-9-12(3-2-4-15(9)21(23)24)16-20-14(17(22)25-16)7-10-5-6-11(18)8-13(10)19/h2-8H,1H3. The largest absolute Gasteiger partial charge is 0.402 e. The van der Waals surface area contributed by atoms with Crippen LogP contribution in [0.3, 0.4) is 0 Å². The van der Waals surface area contributed by atoms with Crippen molar-refractivity contribution < 1.29 is 14.5 Å². The first-order valence-electron chi connectivity index (χ1n) is 7.09. The summed E-state index contributed by atoms with van der Waals surface area (Å²) in [6.45, 7) is 1.57. The number of cyclic esters (lactones) is 1. The monoisotopic (exact) mass is 376 g/mol. The molecule has 1 aliphatic heterocycles. The minimum Gasteiger partial charge on any atom is -0.402 e. The third kappa shape index (κ3) is 3.40. The van der Waals surface area contributed by atoms with Gasteiger partial charge in [-0.15, -0.1) is 0 Å².